The zero-order chi connectivity index (χ0) is 12.8. The molecule has 4 N–H and O–H groups in total. The summed E-state index contributed by atoms with van der Waals surface area (Å²) in [5, 5.41) is 7.69. The Morgan fingerprint density at radius 1 is 1.00 bits per heavy atom. The van der Waals surface area contributed by atoms with Gasteiger partial charge < -0.3 is 11.5 Å². The summed E-state index contributed by atoms with van der Waals surface area (Å²) in [7, 11) is 0. The fraction of sp³-hybridized carbons (Fsp3) is 0. The Bertz CT molecular complexity index is 516. The molecule has 0 saturated heterocycles. The molecule has 1 aromatic heterocycles. The molecule has 0 fully saturated rings. The molecule has 0 atom stereocenters. The van der Waals surface area contributed by atoms with Gasteiger partial charge in [-0.25, -0.2) is 0 Å². The van der Waals surface area contributed by atoms with Crippen LogP contribution in [0.15, 0.2) is 59.1 Å². The van der Waals surface area contributed by atoms with Crippen LogP contribution in [0.25, 0.3) is 0 Å². The summed E-state index contributed by atoms with van der Waals surface area (Å²) in [6.07, 6.45) is 4.78. The van der Waals surface area contributed by atoms with Crippen LogP contribution in [0.1, 0.15) is 11.3 Å². The van der Waals surface area contributed by atoms with Crippen LogP contribution < -0.4 is 11.5 Å². The summed E-state index contributed by atoms with van der Waals surface area (Å²) in [5.74, 6) is -0.104. The second-order valence-electron chi connectivity index (χ2n) is 3.43. The van der Waals surface area contributed by atoms with Gasteiger partial charge in [0.15, 0.2) is 0 Å². The highest BCUT2D eigenvalue weighted by Crippen LogP contribution is 2.08. The average Bonchev–Trinajstić information content (AvgIpc) is 2.41. The van der Waals surface area contributed by atoms with Crippen molar-refractivity contribution in [1.82, 2.24) is 9.97 Å². The van der Waals surface area contributed by atoms with Crippen LogP contribution in [0.2, 0.25) is 0 Å². The minimum Gasteiger partial charge on any atom is -0.369 e. The normalized spacial score (nSPS) is 11.0. The first-order valence-corrected chi connectivity index (χ1v) is 5.26. The molecule has 6 heteroatoms. The molecule has 1 aromatic carbocycles. The lowest BCUT2D eigenvalue weighted by atomic mass is 10.1. The van der Waals surface area contributed by atoms with Crippen molar-refractivity contribution in [2.24, 2.45) is 21.7 Å². The van der Waals surface area contributed by atoms with E-state index in [2.05, 4.69) is 20.2 Å². The fourth-order valence-corrected chi connectivity index (χ4v) is 1.38. The molecule has 0 spiro atoms. The summed E-state index contributed by atoms with van der Waals surface area (Å²) < 4.78 is 0. The SMILES string of the molecule is NC(N)=NN=C(c1ccccc1)c1cnccn1. The quantitative estimate of drug-likeness (QED) is 0.463. The Labute approximate surface area is 104 Å². The lowest BCUT2D eigenvalue weighted by molar-refractivity contribution is 1.15. The van der Waals surface area contributed by atoms with Crippen molar-refractivity contribution < 1.29 is 0 Å². The predicted molar refractivity (Wildman–Crippen MR) is 69.9 cm³/mol. The molecular weight excluding hydrogens is 228 g/mol. The first-order valence-electron chi connectivity index (χ1n) is 5.26. The Kier molecular flexibility index (Phi) is 3.60. The Hall–Kier alpha value is -2.76. The van der Waals surface area contributed by atoms with Gasteiger partial charge in [0, 0.05) is 18.0 Å². The number of aromatic nitrogens is 2. The topological polar surface area (TPSA) is 103 Å². The van der Waals surface area contributed by atoms with Gasteiger partial charge in [-0.1, -0.05) is 30.3 Å². The first kappa shape index (κ1) is 11.7. The van der Waals surface area contributed by atoms with Crippen LogP contribution in [-0.2, 0) is 0 Å². The van der Waals surface area contributed by atoms with Crippen molar-refractivity contribution in [3.63, 3.8) is 0 Å². The van der Waals surface area contributed by atoms with E-state index in [9.17, 15) is 0 Å². The monoisotopic (exact) mass is 240 g/mol. The summed E-state index contributed by atoms with van der Waals surface area (Å²) in [6, 6.07) is 9.51. The van der Waals surface area contributed by atoms with E-state index >= 15 is 0 Å². The average molecular weight is 240 g/mol. The van der Waals surface area contributed by atoms with Gasteiger partial charge >= 0.3 is 0 Å². The van der Waals surface area contributed by atoms with Crippen LogP contribution in [0.4, 0.5) is 0 Å². The number of benzene rings is 1. The maximum Gasteiger partial charge on any atom is 0.211 e. The summed E-state index contributed by atoms with van der Waals surface area (Å²) in [6.45, 7) is 0. The van der Waals surface area contributed by atoms with Crippen LogP contribution in [-0.4, -0.2) is 21.6 Å². The summed E-state index contributed by atoms with van der Waals surface area (Å²) in [5.41, 5.74) is 12.6. The molecule has 0 bridgehead atoms. The standard InChI is InChI=1S/C12H12N6/c13-12(14)18-17-11(9-4-2-1-3-5-9)10-8-15-6-7-16-10/h1-8H,(H4,13,14,18). The first-order chi connectivity index (χ1) is 8.77. The van der Waals surface area contributed by atoms with Gasteiger partial charge in [-0.15, -0.1) is 10.2 Å². The largest absolute Gasteiger partial charge is 0.369 e. The molecule has 2 aromatic rings. The number of hydrogen-bond donors (Lipinski definition) is 2. The maximum absolute atomic E-state index is 5.28. The van der Waals surface area contributed by atoms with Crippen LogP contribution in [0.5, 0.6) is 0 Å². The fourth-order valence-electron chi connectivity index (χ4n) is 1.38. The number of nitrogens with zero attached hydrogens (tertiary/aromatic N) is 4. The van der Waals surface area contributed by atoms with Crippen LogP contribution in [0, 0.1) is 0 Å². The molecule has 0 amide bonds. The zero-order valence-corrected chi connectivity index (χ0v) is 9.56. The smallest absolute Gasteiger partial charge is 0.211 e. The van der Waals surface area contributed by atoms with Gasteiger partial charge in [0.2, 0.25) is 5.96 Å². The number of hydrogen-bond acceptors (Lipinski definition) is 4. The van der Waals surface area contributed by atoms with Crippen molar-refractivity contribution in [3.05, 3.63) is 60.2 Å². The van der Waals surface area contributed by atoms with Crippen molar-refractivity contribution in [2.45, 2.75) is 0 Å². The molecule has 0 aliphatic heterocycles. The van der Waals surface area contributed by atoms with Gasteiger partial charge in [-0.05, 0) is 0 Å². The van der Waals surface area contributed by atoms with E-state index in [0.29, 0.717) is 11.4 Å². The minimum atomic E-state index is -0.104. The van der Waals surface area contributed by atoms with Gasteiger partial charge in [0.05, 0.1) is 6.20 Å². The minimum absolute atomic E-state index is 0.104. The molecule has 6 nitrogen and oxygen atoms in total. The van der Waals surface area contributed by atoms with Crippen molar-refractivity contribution in [1.29, 1.82) is 0 Å². The van der Waals surface area contributed by atoms with E-state index in [1.165, 1.54) is 0 Å². The molecule has 0 saturated carbocycles. The van der Waals surface area contributed by atoms with E-state index in [-0.39, 0.29) is 5.96 Å². The van der Waals surface area contributed by atoms with E-state index in [1.54, 1.807) is 18.6 Å². The number of nitrogens with two attached hydrogens (primary N) is 2. The predicted octanol–water partition coefficient (Wildman–Crippen LogP) is 0.502. The lowest BCUT2D eigenvalue weighted by Gasteiger charge is -2.03. The van der Waals surface area contributed by atoms with E-state index in [4.69, 9.17) is 11.5 Å². The third-order valence-electron chi connectivity index (χ3n) is 2.12. The van der Waals surface area contributed by atoms with Gasteiger partial charge in [-0.3, -0.25) is 9.97 Å². The zero-order valence-electron chi connectivity index (χ0n) is 9.56. The van der Waals surface area contributed by atoms with Crippen LogP contribution >= 0.6 is 0 Å². The Morgan fingerprint density at radius 3 is 2.39 bits per heavy atom. The van der Waals surface area contributed by atoms with Gasteiger partial charge in [0.1, 0.15) is 11.4 Å². The van der Waals surface area contributed by atoms with E-state index in [1.807, 2.05) is 30.3 Å². The Morgan fingerprint density at radius 2 is 1.78 bits per heavy atom. The lowest BCUT2D eigenvalue weighted by Crippen LogP contribution is -2.22. The molecule has 0 unspecified atom stereocenters. The number of rotatable bonds is 3. The third-order valence-corrected chi connectivity index (χ3v) is 2.12. The maximum atomic E-state index is 5.28. The highest BCUT2D eigenvalue weighted by Gasteiger charge is 2.08. The molecule has 90 valence electrons. The second-order valence-corrected chi connectivity index (χ2v) is 3.43. The summed E-state index contributed by atoms with van der Waals surface area (Å²) >= 11 is 0. The molecule has 18 heavy (non-hydrogen) atoms. The third kappa shape index (κ3) is 2.88. The molecule has 1 heterocycles. The molecule has 0 radical (unpaired) electrons. The number of guanidine groups is 1. The highest BCUT2D eigenvalue weighted by atomic mass is 15.3. The van der Waals surface area contributed by atoms with Crippen LogP contribution in [0.3, 0.4) is 0 Å². The highest BCUT2D eigenvalue weighted by molar-refractivity contribution is 6.11. The van der Waals surface area contributed by atoms with E-state index in [0.717, 1.165) is 5.56 Å². The second kappa shape index (κ2) is 5.53. The summed E-state index contributed by atoms with van der Waals surface area (Å²) in [4.78, 5) is 8.19. The van der Waals surface area contributed by atoms with Crippen molar-refractivity contribution >= 4 is 11.7 Å². The van der Waals surface area contributed by atoms with E-state index < -0.39 is 0 Å². The molecule has 0 aliphatic carbocycles. The van der Waals surface area contributed by atoms with Crippen molar-refractivity contribution in [3.8, 4) is 0 Å². The molecule has 0 aliphatic rings. The van der Waals surface area contributed by atoms with Gasteiger partial charge in [0.25, 0.3) is 0 Å². The molecule has 2 rings (SSSR count). The Balaban J connectivity index is 2.49. The van der Waals surface area contributed by atoms with Gasteiger partial charge in [-0.2, -0.15) is 0 Å². The van der Waals surface area contributed by atoms with Crippen molar-refractivity contribution in [2.75, 3.05) is 0 Å². The molecular formula is C12H12N6.